The maximum absolute atomic E-state index is 3.98. The van der Waals surface area contributed by atoms with E-state index in [0.717, 1.165) is 16.8 Å². The standard InChI is InChI=1S/C10H8N6/c1-3-8(10-13-15-16-14-10)4-2-7(1)9-5-11-6-12-9/h1-6H,(H,11,12)(H,13,14,15,16). The highest BCUT2D eigenvalue weighted by molar-refractivity contribution is 5.64. The topological polar surface area (TPSA) is 83.1 Å². The molecule has 0 fully saturated rings. The van der Waals surface area contributed by atoms with Crippen LogP contribution in [0.25, 0.3) is 22.6 Å². The summed E-state index contributed by atoms with van der Waals surface area (Å²) < 4.78 is 0. The molecule has 1 aromatic carbocycles. The number of tetrazole rings is 1. The molecule has 78 valence electrons. The van der Waals surface area contributed by atoms with Gasteiger partial charge in [0.05, 0.1) is 18.2 Å². The van der Waals surface area contributed by atoms with Crippen molar-refractivity contribution in [2.45, 2.75) is 0 Å². The molecule has 0 bridgehead atoms. The lowest BCUT2D eigenvalue weighted by atomic mass is 10.1. The Bertz CT molecular complexity index is 499. The van der Waals surface area contributed by atoms with E-state index in [-0.39, 0.29) is 0 Å². The Morgan fingerprint density at radius 1 is 1.00 bits per heavy atom. The van der Waals surface area contributed by atoms with Gasteiger partial charge in [0.25, 0.3) is 0 Å². The first kappa shape index (κ1) is 8.78. The number of aromatic amines is 2. The van der Waals surface area contributed by atoms with Gasteiger partial charge in [-0.15, -0.1) is 10.2 Å². The minimum atomic E-state index is 0.594. The number of H-pyrrole nitrogens is 2. The van der Waals surface area contributed by atoms with Crippen LogP contribution in [-0.2, 0) is 0 Å². The molecule has 0 radical (unpaired) electrons. The molecule has 2 aromatic heterocycles. The van der Waals surface area contributed by atoms with Crippen LogP contribution in [0.15, 0.2) is 36.8 Å². The predicted molar refractivity (Wildman–Crippen MR) is 57.2 cm³/mol. The number of benzene rings is 1. The summed E-state index contributed by atoms with van der Waals surface area (Å²) in [5.41, 5.74) is 2.99. The van der Waals surface area contributed by atoms with Crippen LogP contribution >= 0.6 is 0 Å². The zero-order chi connectivity index (χ0) is 10.8. The average molecular weight is 212 g/mol. The quantitative estimate of drug-likeness (QED) is 0.669. The highest BCUT2D eigenvalue weighted by atomic mass is 15.5. The lowest BCUT2D eigenvalue weighted by Crippen LogP contribution is -1.82. The molecule has 16 heavy (non-hydrogen) atoms. The van der Waals surface area contributed by atoms with Gasteiger partial charge in [-0.2, -0.15) is 5.21 Å². The van der Waals surface area contributed by atoms with Gasteiger partial charge in [0, 0.05) is 5.56 Å². The van der Waals surface area contributed by atoms with Gasteiger partial charge in [0.2, 0.25) is 5.82 Å². The van der Waals surface area contributed by atoms with E-state index in [1.165, 1.54) is 0 Å². The first-order chi connectivity index (χ1) is 7.93. The van der Waals surface area contributed by atoms with Gasteiger partial charge in [0.15, 0.2) is 0 Å². The van der Waals surface area contributed by atoms with Crippen molar-refractivity contribution in [3.05, 3.63) is 36.8 Å². The fourth-order valence-electron chi connectivity index (χ4n) is 1.50. The number of aromatic nitrogens is 6. The largest absolute Gasteiger partial charge is 0.345 e. The molecule has 0 unspecified atom stereocenters. The molecule has 0 saturated heterocycles. The predicted octanol–water partition coefficient (Wildman–Crippen LogP) is 1.26. The van der Waals surface area contributed by atoms with Crippen LogP contribution in [0.4, 0.5) is 0 Å². The van der Waals surface area contributed by atoms with E-state index in [9.17, 15) is 0 Å². The number of hydrogen-bond acceptors (Lipinski definition) is 4. The van der Waals surface area contributed by atoms with Gasteiger partial charge in [0.1, 0.15) is 0 Å². The number of rotatable bonds is 2. The minimum absolute atomic E-state index is 0.594. The molecule has 0 saturated carbocycles. The van der Waals surface area contributed by atoms with Crippen molar-refractivity contribution in [2.75, 3.05) is 0 Å². The monoisotopic (exact) mass is 212 g/mol. The van der Waals surface area contributed by atoms with E-state index >= 15 is 0 Å². The fraction of sp³-hybridized carbons (Fsp3) is 0. The highest BCUT2D eigenvalue weighted by Gasteiger charge is 2.03. The summed E-state index contributed by atoms with van der Waals surface area (Å²) in [6.07, 6.45) is 3.44. The molecule has 6 nitrogen and oxygen atoms in total. The Labute approximate surface area is 90.7 Å². The normalized spacial score (nSPS) is 10.5. The summed E-state index contributed by atoms with van der Waals surface area (Å²) in [6.45, 7) is 0. The van der Waals surface area contributed by atoms with Crippen molar-refractivity contribution in [3.63, 3.8) is 0 Å². The zero-order valence-electron chi connectivity index (χ0n) is 8.25. The van der Waals surface area contributed by atoms with Gasteiger partial charge < -0.3 is 4.98 Å². The lowest BCUT2D eigenvalue weighted by Gasteiger charge is -1.98. The molecule has 2 N–H and O–H groups in total. The number of hydrogen-bond donors (Lipinski definition) is 2. The van der Waals surface area contributed by atoms with Gasteiger partial charge in [-0.3, -0.25) is 0 Å². The molecule has 0 spiro atoms. The summed E-state index contributed by atoms with van der Waals surface area (Å²) in [4.78, 5) is 7.02. The number of nitrogens with zero attached hydrogens (tertiary/aromatic N) is 4. The number of imidazole rings is 1. The maximum Gasteiger partial charge on any atom is 0.204 e. The van der Waals surface area contributed by atoms with Crippen molar-refractivity contribution >= 4 is 0 Å². The van der Waals surface area contributed by atoms with Crippen molar-refractivity contribution in [3.8, 4) is 22.6 Å². The van der Waals surface area contributed by atoms with E-state index in [1.807, 2.05) is 24.3 Å². The molecular weight excluding hydrogens is 204 g/mol. The molecule has 2 heterocycles. The zero-order valence-corrected chi connectivity index (χ0v) is 8.25. The Balaban J connectivity index is 1.97. The Morgan fingerprint density at radius 3 is 2.44 bits per heavy atom. The third kappa shape index (κ3) is 1.46. The summed E-state index contributed by atoms with van der Waals surface area (Å²) >= 11 is 0. The Kier molecular flexibility index (Phi) is 1.96. The smallest absolute Gasteiger partial charge is 0.204 e. The maximum atomic E-state index is 3.98. The second-order valence-electron chi connectivity index (χ2n) is 3.28. The molecular formula is C10H8N6. The SMILES string of the molecule is c1ncc(-c2ccc(-c3nn[nH]n3)cc2)[nH]1. The average Bonchev–Trinajstić information content (AvgIpc) is 3.03. The molecule has 3 rings (SSSR count). The third-order valence-corrected chi connectivity index (χ3v) is 2.30. The summed E-state index contributed by atoms with van der Waals surface area (Å²) in [5, 5.41) is 13.8. The first-order valence-electron chi connectivity index (χ1n) is 4.76. The van der Waals surface area contributed by atoms with E-state index in [2.05, 4.69) is 30.6 Å². The summed E-state index contributed by atoms with van der Waals surface area (Å²) in [6, 6.07) is 7.86. The van der Waals surface area contributed by atoms with Crippen molar-refractivity contribution in [2.24, 2.45) is 0 Å². The molecule has 0 aliphatic carbocycles. The highest BCUT2D eigenvalue weighted by Crippen LogP contribution is 2.20. The van der Waals surface area contributed by atoms with Gasteiger partial charge >= 0.3 is 0 Å². The first-order valence-corrected chi connectivity index (χ1v) is 4.76. The number of nitrogens with one attached hydrogen (secondary N) is 2. The molecule has 3 aromatic rings. The van der Waals surface area contributed by atoms with Crippen molar-refractivity contribution in [1.82, 2.24) is 30.6 Å². The van der Waals surface area contributed by atoms with Gasteiger partial charge in [-0.05, 0) is 10.8 Å². The van der Waals surface area contributed by atoms with E-state index in [1.54, 1.807) is 12.5 Å². The Morgan fingerprint density at radius 2 is 1.81 bits per heavy atom. The van der Waals surface area contributed by atoms with Crippen LogP contribution in [0.5, 0.6) is 0 Å². The van der Waals surface area contributed by atoms with Gasteiger partial charge in [-0.1, -0.05) is 24.3 Å². The van der Waals surface area contributed by atoms with Crippen LogP contribution in [-0.4, -0.2) is 30.6 Å². The molecule has 6 heteroatoms. The van der Waals surface area contributed by atoms with Crippen LogP contribution < -0.4 is 0 Å². The van der Waals surface area contributed by atoms with Crippen LogP contribution in [0.3, 0.4) is 0 Å². The summed E-state index contributed by atoms with van der Waals surface area (Å²) in [5.74, 6) is 0.594. The van der Waals surface area contributed by atoms with E-state index < -0.39 is 0 Å². The van der Waals surface area contributed by atoms with Gasteiger partial charge in [-0.25, -0.2) is 4.98 Å². The molecule has 0 aliphatic heterocycles. The second-order valence-corrected chi connectivity index (χ2v) is 3.28. The molecule has 0 aliphatic rings. The van der Waals surface area contributed by atoms with E-state index in [4.69, 9.17) is 0 Å². The van der Waals surface area contributed by atoms with Crippen LogP contribution in [0.2, 0.25) is 0 Å². The third-order valence-electron chi connectivity index (χ3n) is 2.30. The van der Waals surface area contributed by atoms with E-state index in [0.29, 0.717) is 5.82 Å². The lowest BCUT2D eigenvalue weighted by molar-refractivity contribution is 0.881. The molecule has 0 atom stereocenters. The van der Waals surface area contributed by atoms with Crippen molar-refractivity contribution in [1.29, 1.82) is 0 Å². The fourth-order valence-corrected chi connectivity index (χ4v) is 1.50. The van der Waals surface area contributed by atoms with Crippen LogP contribution in [0, 0.1) is 0 Å². The van der Waals surface area contributed by atoms with Crippen LogP contribution in [0.1, 0.15) is 0 Å². The Hall–Kier alpha value is -2.50. The minimum Gasteiger partial charge on any atom is -0.345 e. The summed E-state index contributed by atoms with van der Waals surface area (Å²) in [7, 11) is 0. The van der Waals surface area contributed by atoms with Crippen molar-refractivity contribution < 1.29 is 0 Å². The second kappa shape index (κ2) is 3.58. The molecule has 0 amide bonds.